The van der Waals surface area contributed by atoms with E-state index in [0.29, 0.717) is 11.4 Å². The monoisotopic (exact) mass is 445 g/mol. The first-order valence-corrected chi connectivity index (χ1v) is 10.9. The molecule has 0 saturated heterocycles. The second kappa shape index (κ2) is 8.92. The highest BCUT2D eigenvalue weighted by Gasteiger charge is 2.24. The van der Waals surface area contributed by atoms with Crippen LogP contribution in [0.1, 0.15) is 11.5 Å². The molecule has 162 valence electrons. The Morgan fingerprint density at radius 2 is 1.94 bits per heavy atom. The number of non-ortho nitro benzene ring substituents is 1. The van der Waals surface area contributed by atoms with Crippen molar-refractivity contribution in [1.82, 2.24) is 15.5 Å². The van der Waals surface area contributed by atoms with Crippen molar-refractivity contribution in [2.45, 2.75) is 13.5 Å². The van der Waals surface area contributed by atoms with Crippen molar-refractivity contribution >= 4 is 27.3 Å². The Labute approximate surface area is 177 Å². The normalized spacial score (nSPS) is 11.2. The van der Waals surface area contributed by atoms with Gasteiger partial charge in [0.15, 0.2) is 0 Å². The molecule has 0 bridgehead atoms. The molecule has 1 amide bonds. The summed E-state index contributed by atoms with van der Waals surface area (Å²) in [6.07, 6.45) is 0.919. The molecule has 11 nitrogen and oxygen atoms in total. The van der Waals surface area contributed by atoms with Crippen LogP contribution in [0.15, 0.2) is 53.1 Å². The zero-order valence-electron chi connectivity index (χ0n) is 16.7. The summed E-state index contributed by atoms with van der Waals surface area (Å²) in [6, 6.07) is 12.9. The molecule has 2 aromatic carbocycles. The number of hydrogen-bond donors (Lipinski definition) is 1. The maximum absolute atomic E-state index is 12.4. The van der Waals surface area contributed by atoms with E-state index in [4.69, 9.17) is 4.52 Å². The molecule has 1 aromatic heterocycles. The van der Waals surface area contributed by atoms with E-state index in [-0.39, 0.29) is 23.8 Å². The number of carbonyl (C=O) groups is 1. The fraction of sp³-hybridized carbons (Fsp3) is 0.211. The van der Waals surface area contributed by atoms with Crippen molar-refractivity contribution in [2.24, 2.45) is 0 Å². The first-order chi connectivity index (χ1) is 14.6. The van der Waals surface area contributed by atoms with E-state index < -0.39 is 27.4 Å². The molecule has 12 heteroatoms. The van der Waals surface area contributed by atoms with E-state index in [2.05, 4.69) is 15.5 Å². The van der Waals surface area contributed by atoms with Crippen molar-refractivity contribution in [1.29, 1.82) is 0 Å². The van der Waals surface area contributed by atoms with Gasteiger partial charge in [-0.3, -0.25) is 19.2 Å². The average Bonchev–Trinajstić information content (AvgIpc) is 3.20. The third-order valence-corrected chi connectivity index (χ3v) is 5.42. The SMILES string of the molecule is Cc1ccc([N+](=O)[O-])cc1N(CC(=O)NCc1nc(-c2ccccc2)no1)S(C)(=O)=O. The van der Waals surface area contributed by atoms with Gasteiger partial charge in [0.2, 0.25) is 27.6 Å². The fourth-order valence-electron chi connectivity index (χ4n) is 2.75. The van der Waals surface area contributed by atoms with Gasteiger partial charge in [-0.2, -0.15) is 4.98 Å². The van der Waals surface area contributed by atoms with Crippen LogP contribution in [0.2, 0.25) is 0 Å². The molecular formula is C19H19N5O6S. The lowest BCUT2D eigenvalue weighted by atomic mass is 10.2. The number of carbonyl (C=O) groups excluding carboxylic acids is 1. The topological polar surface area (TPSA) is 149 Å². The maximum atomic E-state index is 12.4. The number of aromatic nitrogens is 2. The Kier molecular flexibility index (Phi) is 6.30. The van der Waals surface area contributed by atoms with Crippen LogP contribution in [-0.4, -0.2) is 42.2 Å². The summed E-state index contributed by atoms with van der Waals surface area (Å²) < 4.78 is 30.5. The van der Waals surface area contributed by atoms with Crippen molar-refractivity contribution in [3.63, 3.8) is 0 Å². The molecule has 0 aliphatic rings. The van der Waals surface area contributed by atoms with E-state index in [9.17, 15) is 23.3 Å². The standard InChI is InChI=1S/C19H19N5O6S/c1-13-8-9-15(24(26)27)10-16(13)23(31(2,28)29)12-17(25)20-11-18-21-19(22-30-18)14-6-4-3-5-7-14/h3-10H,11-12H2,1-2H3,(H,20,25). The van der Waals surface area contributed by atoms with E-state index in [0.717, 1.165) is 22.2 Å². The number of nitrogens with one attached hydrogen (secondary N) is 1. The predicted molar refractivity (Wildman–Crippen MR) is 112 cm³/mol. The molecule has 0 aliphatic heterocycles. The van der Waals surface area contributed by atoms with Gasteiger partial charge in [-0.05, 0) is 12.5 Å². The predicted octanol–water partition coefficient (Wildman–Crippen LogP) is 2.04. The first kappa shape index (κ1) is 21.9. The molecule has 0 radical (unpaired) electrons. The summed E-state index contributed by atoms with van der Waals surface area (Å²) in [5, 5.41) is 17.4. The van der Waals surface area contributed by atoms with E-state index in [1.807, 2.05) is 18.2 Å². The number of amides is 1. The molecule has 3 rings (SSSR count). The fourth-order valence-corrected chi connectivity index (χ4v) is 3.66. The van der Waals surface area contributed by atoms with Crippen LogP contribution in [0, 0.1) is 17.0 Å². The third kappa shape index (κ3) is 5.42. The largest absolute Gasteiger partial charge is 0.345 e. The van der Waals surface area contributed by atoms with E-state index in [1.54, 1.807) is 19.1 Å². The molecule has 0 aliphatic carbocycles. The number of benzene rings is 2. The molecule has 0 unspecified atom stereocenters. The maximum Gasteiger partial charge on any atom is 0.271 e. The Morgan fingerprint density at radius 1 is 1.23 bits per heavy atom. The second-order valence-corrected chi connectivity index (χ2v) is 8.56. The quantitative estimate of drug-likeness (QED) is 0.409. The van der Waals surface area contributed by atoms with Crippen LogP contribution >= 0.6 is 0 Å². The zero-order valence-corrected chi connectivity index (χ0v) is 17.5. The molecule has 1 heterocycles. The lowest BCUT2D eigenvalue weighted by molar-refractivity contribution is -0.384. The Hall–Kier alpha value is -3.80. The minimum absolute atomic E-state index is 0.0519. The third-order valence-electron chi connectivity index (χ3n) is 4.30. The van der Waals surface area contributed by atoms with Gasteiger partial charge in [0.25, 0.3) is 5.69 Å². The van der Waals surface area contributed by atoms with Crippen molar-refractivity contribution in [3.05, 3.63) is 70.1 Å². The van der Waals surface area contributed by atoms with Crippen molar-refractivity contribution < 1.29 is 22.7 Å². The number of anilines is 1. The highest BCUT2D eigenvalue weighted by molar-refractivity contribution is 7.92. The first-order valence-electron chi connectivity index (χ1n) is 9.02. The second-order valence-electron chi connectivity index (χ2n) is 6.65. The summed E-state index contributed by atoms with van der Waals surface area (Å²) in [5.41, 5.74) is 0.978. The lowest BCUT2D eigenvalue weighted by Gasteiger charge is -2.23. The van der Waals surface area contributed by atoms with Crippen LogP contribution in [0.25, 0.3) is 11.4 Å². The van der Waals surface area contributed by atoms with Gasteiger partial charge in [-0.1, -0.05) is 41.6 Å². The summed E-state index contributed by atoms with van der Waals surface area (Å²) >= 11 is 0. The minimum Gasteiger partial charge on any atom is -0.345 e. The van der Waals surface area contributed by atoms with Crippen LogP contribution in [0.4, 0.5) is 11.4 Å². The average molecular weight is 445 g/mol. The van der Waals surface area contributed by atoms with E-state index in [1.165, 1.54) is 12.1 Å². The van der Waals surface area contributed by atoms with E-state index >= 15 is 0 Å². The van der Waals surface area contributed by atoms with Crippen LogP contribution in [0.5, 0.6) is 0 Å². The number of sulfonamides is 1. The number of nitro groups is 1. The minimum atomic E-state index is -3.89. The molecule has 0 saturated carbocycles. The van der Waals surface area contributed by atoms with Gasteiger partial charge in [0.05, 0.1) is 23.4 Å². The molecule has 3 aromatic rings. The Bertz CT molecular complexity index is 1210. The van der Waals surface area contributed by atoms with Crippen molar-refractivity contribution in [3.8, 4) is 11.4 Å². The van der Waals surface area contributed by atoms with Gasteiger partial charge >= 0.3 is 0 Å². The summed E-state index contributed by atoms with van der Waals surface area (Å²) in [5.74, 6) is -0.143. The van der Waals surface area contributed by atoms with Gasteiger partial charge < -0.3 is 9.84 Å². The molecule has 0 atom stereocenters. The van der Waals surface area contributed by atoms with Crippen molar-refractivity contribution in [2.75, 3.05) is 17.1 Å². The Balaban J connectivity index is 1.72. The zero-order chi connectivity index (χ0) is 22.6. The van der Waals surface area contributed by atoms with Gasteiger partial charge in [-0.25, -0.2) is 8.42 Å². The van der Waals surface area contributed by atoms with Crippen LogP contribution < -0.4 is 9.62 Å². The highest BCUT2D eigenvalue weighted by atomic mass is 32.2. The Morgan fingerprint density at radius 3 is 2.58 bits per heavy atom. The number of rotatable bonds is 8. The molecule has 31 heavy (non-hydrogen) atoms. The number of hydrogen-bond acceptors (Lipinski definition) is 8. The van der Waals surface area contributed by atoms with Gasteiger partial charge in [0.1, 0.15) is 6.54 Å². The van der Waals surface area contributed by atoms with Crippen LogP contribution in [-0.2, 0) is 21.4 Å². The summed E-state index contributed by atoms with van der Waals surface area (Å²) in [6.45, 7) is 0.920. The number of aryl methyl sites for hydroxylation is 1. The molecular weight excluding hydrogens is 426 g/mol. The van der Waals surface area contributed by atoms with Gasteiger partial charge in [0, 0.05) is 17.7 Å². The molecule has 0 fully saturated rings. The van der Waals surface area contributed by atoms with Gasteiger partial charge in [-0.15, -0.1) is 0 Å². The smallest absolute Gasteiger partial charge is 0.271 e. The molecule has 1 N–H and O–H groups in total. The number of nitro benzene ring substituents is 1. The summed E-state index contributed by atoms with van der Waals surface area (Å²) in [7, 11) is -3.89. The lowest BCUT2D eigenvalue weighted by Crippen LogP contribution is -2.40. The summed E-state index contributed by atoms with van der Waals surface area (Å²) in [4.78, 5) is 27.0. The van der Waals surface area contributed by atoms with Crippen LogP contribution in [0.3, 0.4) is 0 Å². The highest BCUT2D eigenvalue weighted by Crippen LogP contribution is 2.27. The molecule has 0 spiro atoms. The number of nitrogens with zero attached hydrogens (tertiary/aromatic N) is 4.